The van der Waals surface area contributed by atoms with E-state index in [1.165, 1.54) is 6.08 Å². The lowest BCUT2D eigenvalue weighted by Crippen LogP contribution is -2.57. The van der Waals surface area contributed by atoms with Gasteiger partial charge in [-0.2, -0.15) is 16.8 Å². The molecule has 0 unspecified atom stereocenters. The highest BCUT2D eigenvalue weighted by Crippen LogP contribution is 2.42. The van der Waals surface area contributed by atoms with Gasteiger partial charge in [0.05, 0.1) is 32.3 Å². The predicted octanol–water partition coefficient (Wildman–Crippen LogP) is 1.79. The van der Waals surface area contributed by atoms with Crippen LogP contribution in [0.5, 0.6) is 0 Å². The minimum Gasteiger partial charge on any atom is -0.467 e. The van der Waals surface area contributed by atoms with E-state index in [1.807, 2.05) is 30.3 Å². The molecular formula is C20H28O9S2. The van der Waals surface area contributed by atoms with Crippen molar-refractivity contribution < 1.29 is 39.5 Å². The van der Waals surface area contributed by atoms with Crippen LogP contribution in [0.2, 0.25) is 0 Å². The molecule has 174 valence electrons. The number of allylic oxidation sites excluding steroid dienone is 1. The fourth-order valence-corrected chi connectivity index (χ4v) is 5.29. The molecule has 0 aliphatic heterocycles. The van der Waals surface area contributed by atoms with Crippen LogP contribution in [0, 0.1) is 5.92 Å². The molecule has 31 heavy (non-hydrogen) atoms. The maximum atomic E-state index is 12.7. The van der Waals surface area contributed by atoms with Crippen LogP contribution >= 0.6 is 0 Å². The Morgan fingerprint density at radius 1 is 1.13 bits per heavy atom. The van der Waals surface area contributed by atoms with E-state index in [0.29, 0.717) is 0 Å². The van der Waals surface area contributed by atoms with Gasteiger partial charge < -0.3 is 9.47 Å². The van der Waals surface area contributed by atoms with Crippen molar-refractivity contribution in [1.29, 1.82) is 0 Å². The first kappa shape index (κ1) is 25.5. The highest BCUT2D eigenvalue weighted by atomic mass is 32.2. The van der Waals surface area contributed by atoms with Gasteiger partial charge >= 0.3 is 5.97 Å². The molecule has 2 rings (SSSR count). The minimum absolute atomic E-state index is 0.0894. The van der Waals surface area contributed by atoms with Crippen molar-refractivity contribution >= 4 is 26.2 Å². The van der Waals surface area contributed by atoms with Gasteiger partial charge in [0, 0.05) is 6.42 Å². The van der Waals surface area contributed by atoms with E-state index >= 15 is 0 Å². The van der Waals surface area contributed by atoms with Gasteiger partial charge in [0.2, 0.25) is 0 Å². The summed E-state index contributed by atoms with van der Waals surface area (Å²) < 4.78 is 69.2. The van der Waals surface area contributed by atoms with Gasteiger partial charge in [0.1, 0.15) is 6.10 Å². The third kappa shape index (κ3) is 7.39. The Morgan fingerprint density at radius 3 is 2.29 bits per heavy atom. The summed E-state index contributed by atoms with van der Waals surface area (Å²) in [6, 6.07) is 9.10. The Morgan fingerprint density at radius 2 is 1.77 bits per heavy atom. The van der Waals surface area contributed by atoms with E-state index in [4.69, 9.17) is 17.8 Å². The van der Waals surface area contributed by atoms with Crippen LogP contribution in [-0.2, 0) is 49.5 Å². The second-order valence-corrected chi connectivity index (χ2v) is 10.7. The van der Waals surface area contributed by atoms with Gasteiger partial charge in [0.25, 0.3) is 20.2 Å². The maximum absolute atomic E-state index is 12.7. The topological polar surface area (TPSA) is 122 Å². The molecule has 1 fully saturated rings. The smallest absolute Gasteiger partial charge is 0.339 e. The van der Waals surface area contributed by atoms with Gasteiger partial charge in [-0.3, -0.25) is 8.37 Å². The summed E-state index contributed by atoms with van der Waals surface area (Å²) >= 11 is 0. The molecule has 1 aliphatic carbocycles. The van der Waals surface area contributed by atoms with Gasteiger partial charge in [-0.1, -0.05) is 36.4 Å². The zero-order chi connectivity index (χ0) is 23.3. The monoisotopic (exact) mass is 476 g/mol. The normalized spacial score (nSPS) is 26.9. The molecular weight excluding hydrogens is 448 g/mol. The lowest BCUT2D eigenvalue weighted by molar-refractivity contribution is -0.179. The molecule has 9 nitrogen and oxygen atoms in total. The van der Waals surface area contributed by atoms with Crippen LogP contribution in [0.15, 0.2) is 43.0 Å². The second-order valence-electron chi connectivity index (χ2n) is 7.57. The van der Waals surface area contributed by atoms with E-state index < -0.39 is 49.9 Å². The molecule has 0 heterocycles. The molecule has 11 heteroatoms. The Bertz CT molecular complexity index is 973. The lowest BCUT2D eigenvalue weighted by Gasteiger charge is -2.44. The molecule has 0 aromatic heterocycles. The number of methoxy groups -OCH3 is 1. The second kappa shape index (κ2) is 10.2. The Balaban J connectivity index is 2.47. The quantitative estimate of drug-likeness (QED) is 0.282. The summed E-state index contributed by atoms with van der Waals surface area (Å²) in [5, 5.41) is 0. The number of hydrogen-bond acceptors (Lipinski definition) is 9. The molecule has 1 saturated carbocycles. The zero-order valence-corrected chi connectivity index (χ0v) is 19.4. The van der Waals surface area contributed by atoms with Crippen LogP contribution in [0.25, 0.3) is 0 Å². The van der Waals surface area contributed by atoms with Crippen molar-refractivity contribution in [2.75, 3.05) is 19.6 Å². The first-order chi connectivity index (χ1) is 14.4. The van der Waals surface area contributed by atoms with Gasteiger partial charge in [-0.15, -0.1) is 6.58 Å². The summed E-state index contributed by atoms with van der Waals surface area (Å²) in [5.41, 5.74) is -1.08. The molecule has 0 spiro atoms. The summed E-state index contributed by atoms with van der Waals surface area (Å²) in [7, 11) is -6.82. The minimum atomic E-state index is -4.06. The molecule has 0 amide bonds. The summed E-state index contributed by atoms with van der Waals surface area (Å²) in [6.07, 6.45) is 1.15. The Kier molecular flexibility index (Phi) is 8.40. The molecule has 4 atom stereocenters. The van der Waals surface area contributed by atoms with Crippen molar-refractivity contribution in [1.82, 2.24) is 0 Å². The van der Waals surface area contributed by atoms with Crippen molar-refractivity contribution in [3.8, 4) is 0 Å². The van der Waals surface area contributed by atoms with Gasteiger partial charge in [-0.05, 0) is 24.3 Å². The number of benzene rings is 1. The average Bonchev–Trinajstić information content (AvgIpc) is 2.66. The Hall–Kier alpha value is -1.79. The van der Waals surface area contributed by atoms with E-state index in [9.17, 15) is 21.6 Å². The SMILES string of the molecule is C=CC[C@H]1C[C@@](OS(C)(=O)=O)(C(=O)OC)C[C@@H](OCc2ccccc2)[C@@H]1OS(C)(=O)=O. The van der Waals surface area contributed by atoms with E-state index in [0.717, 1.165) is 25.2 Å². The molecule has 0 bridgehead atoms. The largest absolute Gasteiger partial charge is 0.467 e. The number of carbonyl (C=O) groups is 1. The van der Waals surface area contributed by atoms with Crippen molar-refractivity contribution in [3.05, 3.63) is 48.6 Å². The van der Waals surface area contributed by atoms with Crippen LogP contribution in [0.1, 0.15) is 24.8 Å². The molecule has 1 aromatic carbocycles. The third-order valence-corrected chi connectivity index (χ3v) is 6.08. The average molecular weight is 477 g/mol. The molecule has 0 saturated heterocycles. The lowest BCUT2D eigenvalue weighted by atomic mass is 9.73. The van der Waals surface area contributed by atoms with Crippen LogP contribution in [0.4, 0.5) is 0 Å². The van der Waals surface area contributed by atoms with Crippen molar-refractivity contribution in [3.63, 3.8) is 0 Å². The highest BCUT2D eigenvalue weighted by Gasteiger charge is 2.55. The first-order valence-corrected chi connectivity index (χ1v) is 13.2. The molecule has 0 N–H and O–H groups in total. The van der Waals surface area contributed by atoms with Crippen molar-refractivity contribution in [2.24, 2.45) is 5.92 Å². The van der Waals surface area contributed by atoms with Crippen LogP contribution < -0.4 is 0 Å². The zero-order valence-electron chi connectivity index (χ0n) is 17.7. The number of carbonyl (C=O) groups excluding carboxylic acids is 1. The molecule has 1 aliphatic rings. The fourth-order valence-electron chi connectivity index (χ4n) is 3.82. The molecule has 0 radical (unpaired) electrons. The van der Waals surface area contributed by atoms with Gasteiger partial charge in [0.15, 0.2) is 5.60 Å². The van der Waals surface area contributed by atoms with Crippen LogP contribution in [0.3, 0.4) is 0 Å². The third-order valence-electron chi connectivity index (χ3n) is 4.88. The first-order valence-electron chi connectivity index (χ1n) is 9.53. The van der Waals surface area contributed by atoms with Crippen molar-refractivity contribution in [2.45, 2.75) is 43.7 Å². The summed E-state index contributed by atoms with van der Waals surface area (Å²) in [6.45, 7) is 3.76. The Labute approximate surface area is 183 Å². The predicted molar refractivity (Wildman–Crippen MR) is 113 cm³/mol. The van der Waals surface area contributed by atoms with Crippen LogP contribution in [-0.4, -0.2) is 60.2 Å². The fraction of sp³-hybridized carbons (Fsp3) is 0.550. The van der Waals surface area contributed by atoms with E-state index in [1.54, 1.807) is 0 Å². The standard InChI is InChI=1S/C20H28O9S2/c1-5-9-16-12-20(19(21)26-2,29-31(4,24)25)13-17(18(16)28-30(3,22)23)27-14-15-10-7-6-8-11-15/h5-8,10-11,16-18H,1,9,12-14H2,2-4H3/t16-,17+,18+,20-/m0/s1. The van der Waals surface area contributed by atoms with E-state index in [2.05, 4.69) is 6.58 Å². The van der Waals surface area contributed by atoms with E-state index in [-0.39, 0.29) is 25.9 Å². The number of ether oxygens (including phenoxy) is 2. The highest BCUT2D eigenvalue weighted by molar-refractivity contribution is 7.86. The number of hydrogen-bond donors (Lipinski definition) is 0. The number of rotatable bonds is 10. The molecule has 1 aromatic rings. The maximum Gasteiger partial charge on any atom is 0.339 e. The summed E-state index contributed by atoms with van der Waals surface area (Å²) in [4.78, 5) is 12.7. The summed E-state index contributed by atoms with van der Waals surface area (Å²) in [5.74, 6) is -1.53. The number of esters is 1. The van der Waals surface area contributed by atoms with Gasteiger partial charge in [-0.25, -0.2) is 4.79 Å².